The van der Waals surface area contributed by atoms with Crippen molar-refractivity contribution in [3.63, 3.8) is 0 Å². The van der Waals surface area contributed by atoms with Crippen LogP contribution in [0.1, 0.15) is 22.4 Å². The predicted octanol–water partition coefficient (Wildman–Crippen LogP) is 4.54. The number of hydrogen-bond acceptors (Lipinski definition) is 1. The van der Waals surface area contributed by atoms with Crippen LogP contribution >= 0.6 is 0 Å². The van der Waals surface area contributed by atoms with Crippen molar-refractivity contribution in [2.24, 2.45) is 7.05 Å². The van der Waals surface area contributed by atoms with E-state index in [1.165, 1.54) is 22.4 Å². The molecular weight excluding hydrogens is 280 g/mol. The highest BCUT2D eigenvalue weighted by atomic mass is 15.1. The van der Waals surface area contributed by atoms with Crippen LogP contribution < -0.4 is 0 Å². The Labute approximate surface area is 139 Å². The van der Waals surface area contributed by atoms with Gasteiger partial charge in [0.15, 0.2) is 0 Å². The fourth-order valence-corrected chi connectivity index (χ4v) is 2.85. The molecule has 0 spiro atoms. The van der Waals surface area contributed by atoms with Crippen molar-refractivity contribution in [1.29, 1.82) is 0 Å². The van der Waals surface area contributed by atoms with Gasteiger partial charge in [-0.25, -0.2) is 0 Å². The van der Waals surface area contributed by atoms with E-state index in [1.807, 2.05) is 0 Å². The normalized spacial score (nSPS) is 11.1. The SMILES string of the molecule is Cc1ccc(CN(Cc2ccccc2)Cc2cccn2C)cc1. The summed E-state index contributed by atoms with van der Waals surface area (Å²) in [5.41, 5.74) is 5.37. The number of rotatable bonds is 6. The molecule has 3 rings (SSSR count). The van der Waals surface area contributed by atoms with Crippen LogP contribution in [0.5, 0.6) is 0 Å². The molecule has 0 aliphatic carbocycles. The highest BCUT2D eigenvalue weighted by Crippen LogP contribution is 2.15. The molecule has 0 bridgehead atoms. The van der Waals surface area contributed by atoms with Gasteiger partial charge in [-0.15, -0.1) is 0 Å². The van der Waals surface area contributed by atoms with E-state index in [1.54, 1.807) is 0 Å². The Hall–Kier alpha value is -2.32. The average molecular weight is 304 g/mol. The monoisotopic (exact) mass is 304 g/mol. The van der Waals surface area contributed by atoms with Gasteiger partial charge in [0.05, 0.1) is 0 Å². The quantitative estimate of drug-likeness (QED) is 0.649. The van der Waals surface area contributed by atoms with Crippen LogP contribution in [0.2, 0.25) is 0 Å². The van der Waals surface area contributed by atoms with Crippen LogP contribution in [-0.2, 0) is 26.7 Å². The molecule has 0 N–H and O–H groups in total. The van der Waals surface area contributed by atoms with Gasteiger partial charge < -0.3 is 4.57 Å². The molecule has 0 fully saturated rings. The van der Waals surface area contributed by atoms with E-state index >= 15 is 0 Å². The van der Waals surface area contributed by atoms with E-state index in [0.29, 0.717) is 0 Å². The van der Waals surface area contributed by atoms with Gasteiger partial charge in [0.2, 0.25) is 0 Å². The first-order valence-electron chi connectivity index (χ1n) is 8.13. The highest BCUT2D eigenvalue weighted by molar-refractivity contribution is 5.22. The maximum Gasteiger partial charge on any atom is 0.0394 e. The second-order valence-electron chi connectivity index (χ2n) is 6.23. The summed E-state index contributed by atoms with van der Waals surface area (Å²) in [6.45, 7) is 5.00. The summed E-state index contributed by atoms with van der Waals surface area (Å²) in [7, 11) is 2.11. The molecule has 0 saturated heterocycles. The van der Waals surface area contributed by atoms with Crippen LogP contribution in [0.25, 0.3) is 0 Å². The molecule has 3 aromatic rings. The Kier molecular flexibility index (Phi) is 4.94. The van der Waals surface area contributed by atoms with Crippen molar-refractivity contribution in [3.8, 4) is 0 Å². The third kappa shape index (κ3) is 4.33. The zero-order chi connectivity index (χ0) is 16.1. The number of hydrogen-bond donors (Lipinski definition) is 0. The van der Waals surface area contributed by atoms with Gasteiger partial charge in [-0.05, 0) is 30.2 Å². The Morgan fingerprint density at radius 3 is 2.00 bits per heavy atom. The maximum absolute atomic E-state index is 2.50. The van der Waals surface area contributed by atoms with Crippen LogP contribution in [0, 0.1) is 6.92 Å². The summed E-state index contributed by atoms with van der Waals surface area (Å²) in [4.78, 5) is 2.50. The summed E-state index contributed by atoms with van der Waals surface area (Å²) in [5, 5.41) is 0. The molecule has 0 amide bonds. The molecule has 0 radical (unpaired) electrons. The third-order valence-corrected chi connectivity index (χ3v) is 4.21. The van der Waals surface area contributed by atoms with Gasteiger partial charge in [0.1, 0.15) is 0 Å². The topological polar surface area (TPSA) is 8.17 Å². The minimum absolute atomic E-state index is 0.951. The average Bonchev–Trinajstić information content (AvgIpc) is 2.96. The van der Waals surface area contributed by atoms with Crippen LogP contribution in [-0.4, -0.2) is 9.47 Å². The standard InChI is InChI=1S/C21H24N2/c1-18-10-12-20(13-11-18)16-23(15-19-7-4-3-5-8-19)17-21-9-6-14-22(21)2/h3-14H,15-17H2,1-2H3. The van der Waals surface area contributed by atoms with E-state index < -0.39 is 0 Å². The summed E-state index contributed by atoms with van der Waals surface area (Å²) in [6.07, 6.45) is 2.11. The Morgan fingerprint density at radius 1 is 0.739 bits per heavy atom. The lowest BCUT2D eigenvalue weighted by Crippen LogP contribution is -2.23. The fourth-order valence-electron chi connectivity index (χ4n) is 2.85. The van der Waals surface area contributed by atoms with Crippen LogP contribution in [0.3, 0.4) is 0 Å². The second-order valence-corrected chi connectivity index (χ2v) is 6.23. The smallest absolute Gasteiger partial charge is 0.0394 e. The van der Waals surface area contributed by atoms with Gasteiger partial charge in [0, 0.05) is 38.6 Å². The first-order valence-corrected chi connectivity index (χ1v) is 8.13. The van der Waals surface area contributed by atoms with Crippen molar-refractivity contribution in [2.75, 3.05) is 0 Å². The number of aryl methyl sites for hydroxylation is 2. The van der Waals surface area contributed by atoms with Crippen LogP contribution in [0.15, 0.2) is 72.9 Å². The molecule has 118 valence electrons. The van der Waals surface area contributed by atoms with Gasteiger partial charge in [-0.1, -0.05) is 60.2 Å². The molecule has 2 heteroatoms. The van der Waals surface area contributed by atoms with Gasteiger partial charge >= 0.3 is 0 Å². The molecule has 0 saturated carbocycles. The third-order valence-electron chi connectivity index (χ3n) is 4.21. The summed E-state index contributed by atoms with van der Waals surface area (Å²) < 4.78 is 2.20. The van der Waals surface area contributed by atoms with Crippen LogP contribution in [0.4, 0.5) is 0 Å². The van der Waals surface area contributed by atoms with Crippen molar-refractivity contribution in [1.82, 2.24) is 9.47 Å². The first-order chi connectivity index (χ1) is 11.2. The van der Waals surface area contributed by atoms with Gasteiger partial charge in [0.25, 0.3) is 0 Å². The number of nitrogens with zero attached hydrogens (tertiary/aromatic N) is 2. The van der Waals surface area contributed by atoms with E-state index in [9.17, 15) is 0 Å². The van der Waals surface area contributed by atoms with Gasteiger partial charge in [-0.2, -0.15) is 0 Å². The lowest BCUT2D eigenvalue weighted by molar-refractivity contribution is 0.242. The summed E-state index contributed by atoms with van der Waals surface area (Å²) in [6, 6.07) is 23.9. The van der Waals surface area contributed by atoms with E-state index in [4.69, 9.17) is 0 Å². The van der Waals surface area contributed by atoms with Crippen molar-refractivity contribution >= 4 is 0 Å². The largest absolute Gasteiger partial charge is 0.353 e. The molecular formula is C21H24N2. The number of aromatic nitrogens is 1. The van der Waals surface area contributed by atoms with Crippen molar-refractivity contribution < 1.29 is 0 Å². The molecule has 1 heterocycles. The molecule has 2 aromatic carbocycles. The zero-order valence-corrected chi connectivity index (χ0v) is 13.9. The molecule has 0 aliphatic heterocycles. The number of benzene rings is 2. The lowest BCUT2D eigenvalue weighted by atomic mass is 10.1. The fraction of sp³-hybridized carbons (Fsp3) is 0.238. The maximum atomic E-state index is 2.50. The first kappa shape index (κ1) is 15.6. The Bertz CT molecular complexity index is 726. The Morgan fingerprint density at radius 2 is 1.39 bits per heavy atom. The second kappa shape index (κ2) is 7.30. The minimum atomic E-state index is 0.951. The summed E-state index contributed by atoms with van der Waals surface area (Å²) in [5.74, 6) is 0. The molecule has 23 heavy (non-hydrogen) atoms. The molecule has 2 nitrogen and oxygen atoms in total. The van der Waals surface area contributed by atoms with Crippen molar-refractivity contribution in [3.05, 3.63) is 95.3 Å². The lowest BCUT2D eigenvalue weighted by Gasteiger charge is -2.23. The summed E-state index contributed by atoms with van der Waals surface area (Å²) >= 11 is 0. The van der Waals surface area contributed by atoms with E-state index in [2.05, 4.69) is 96.4 Å². The van der Waals surface area contributed by atoms with Gasteiger partial charge in [-0.3, -0.25) is 4.90 Å². The molecule has 1 aromatic heterocycles. The van der Waals surface area contributed by atoms with E-state index in [-0.39, 0.29) is 0 Å². The molecule has 0 aliphatic rings. The zero-order valence-electron chi connectivity index (χ0n) is 13.9. The van der Waals surface area contributed by atoms with Crippen molar-refractivity contribution in [2.45, 2.75) is 26.6 Å². The molecule has 0 unspecified atom stereocenters. The predicted molar refractivity (Wildman–Crippen MR) is 96.0 cm³/mol. The highest BCUT2D eigenvalue weighted by Gasteiger charge is 2.10. The minimum Gasteiger partial charge on any atom is -0.353 e. The molecule has 0 atom stereocenters. The Balaban J connectivity index is 1.77. The van der Waals surface area contributed by atoms with E-state index in [0.717, 1.165) is 19.6 Å².